The van der Waals surface area contributed by atoms with Gasteiger partial charge in [-0.05, 0) is 29.8 Å². The highest BCUT2D eigenvalue weighted by atomic mass is 16.5. The van der Waals surface area contributed by atoms with Crippen molar-refractivity contribution in [1.82, 2.24) is 15.2 Å². The summed E-state index contributed by atoms with van der Waals surface area (Å²) >= 11 is 0. The third kappa shape index (κ3) is 3.19. The summed E-state index contributed by atoms with van der Waals surface area (Å²) in [6.07, 6.45) is 1.79. The minimum atomic E-state index is -0.593. The van der Waals surface area contributed by atoms with E-state index in [0.717, 1.165) is 5.56 Å². The Bertz CT molecular complexity index is 747. The van der Waals surface area contributed by atoms with Crippen molar-refractivity contribution in [1.29, 1.82) is 0 Å². The molecule has 0 spiro atoms. The van der Waals surface area contributed by atoms with Gasteiger partial charge in [-0.2, -0.15) is 0 Å². The van der Waals surface area contributed by atoms with E-state index in [2.05, 4.69) is 10.6 Å². The fraction of sp³-hybridized carbons (Fsp3) is 0.294. The summed E-state index contributed by atoms with van der Waals surface area (Å²) in [4.78, 5) is 24.3. The van der Waals surface area contributed by atoms with Crippen LogP contribution in [0, 0.1) is 0 Å². The first-order valence-electron chi connectivity index (χ1n) is 7.56. The van der Waals surface area contributed by atoms with Crippen LogP contribution in [0.5, 0.6) is 11.5 Å². The summed E-state index contributed by atoms with van der Waals surface area (Å²) in [5.74, 6) is 0.835. The molecule has 1 unspecified atom stereocenters. The van der Waals surface area contributed by atoms with Gasteiger partial charge in [0.15, 0.2) is 0 Å². The van der Waals surface area contributed by atoms with E-state index in [-0.39, 0.29) is 11.8 Å². The monoisotopic (exact) mass is 329 g/mol. The number of nitrogens with one attached hydrogen (secondary N) is 2. The second-order valence-corrected chi connectivity index (χ2v) is 5.51. The van der Waals surface area contributed by atoms with Crippen molar-refractivity contribution in [3.05, 3.63) is 47.8 Å². The zero-order valence-electron chi connectivity index (χ0n) is 13.5. The van der Waals surface area contributed by atoms with E-state index in [1.807, 2.05) is 12.1 Å². The van der Waals surface area contributed by atoms with Crippen molar-refractivity contribution >= 4 is 11.8 Å². The molecule has 0 saturated carbocycles. The first-order chi connectivity index (χ1) is 11.6. The molecule has 0 fully saturated rings. The van der Waals surface area contributed by atoms with Crippen LogP contribution in [0.2, 0.25) is 0 Å². The molecule has 1 aromatic carbocycles. The van der Waals surface area contributed by atoms with Crippen LogP contribution in [0.4, 0.5) is 0 Å². The van der Waals surface area contributed by atoms with Crippen molar-refractivity contribution in [2.45, 2.75) is 19.1 Å². The minimum Gasteiger partial charge on any atom is -0.497 e. The molecule has 2 amide bonds. The molecule has 24 heavy (non-hydrogen) atoms. The van der Waals surface area contributed by atoms with Gasteiger partial charge in [0.25, 0.3) is 5.91 Å². The van der Waals surface area contributed by atoms with Gasteiger partial charge in [-0.1, -0.05) is 0 Å². The van der Waals surface area contributed by atoms with E-state index >= 15 is 0 Å². The summed E-state index contributed by atoms with van der Waals surface area (Å²) in [5.41, 5.74) is 1.42. The predicted octanol–water partition coefficient (Wildman–Crippen LogP) is 0.934. The maximum Gasteiger partial charge on any atom is 0.268 e. The lowest BCUT2D eigenvalue weighted by atomic mass is 10.1. The molecule has 0 aliphatic carbocycles. The summed E-state index contributed by atoms with van der Waals surface area (Å²) < 4.78 is 12.2. The van der Waals surface area contributed by atoms with Crippen molar-refractivity contribution in [3.63, 3.8) is 0 Å². The number of amides is 2. The second kappa shape index (κ2) is 6.66. The fourth-order valence-electron chi connectivity index (χ4n) is 2.68. The van der Waals surface area contributed by atoms with Crippen LogP contribution >= 0.6 is 0 Å². The molecule has 0 radical (unpaired) electrons. The van der Waals surface area contributed by atoms with Crippen LogP contribution in [0.3, 0.4) is 0 Å². The van der Waals surface area contributed by atoms with Gasteiger partial charge in [0, 0.05) is 18.8 Å². The molecule has 1 atom stereocenters. The van der Waals surface area contributed by atoms with E-state index in [1.165, 1.54) is 0 Å². The molecule has 2 heterocycles. The van der Waals surface area contributed by atoms with Crippen LogP contribution in [0.25, 0.3) is 0 Å². The highest BCUT2D eigenvalue weighted by Gasteiger charge is 2.28. The Hall–Kier alpha value is -2.96. The second-order valence-electron chi connectivity index (χ2n) is 5.51. The van der Waals surface area contributed by atoms with Crippen LogP contribution in [-0.2, 0) is 17.9 Å². The average molecular weight is 329 g/mol. The number of carbonyl (C=O) groups is 2. The van der Waals surface area contributed by atoms with Crippen LogP contribution in [-0.4, -0.2) is 36.6 Å². The van der Waals surface area contributed by atoms with E-state index in [1.54, 1.807) is 43.2 Å². The van der Waals surface area contributed by atoms with Crippen molar-refractivity contribution in [2.24, 2.45) is 0 Å². The smallest absolute Gasteiger partial charge is 0.268 e. The van der Waals surface area contributed by atoms with Gasteiger partial charge in [-0.15, -0.1) is 0 Å². The van der Waals surface area contributed by atoms with Crippen LogP contribution in [0.1, 0.15) is 16.1 Å². The molecule has 2 N–H and O–H groups in total. The molecular formula is C17H19N3O4. The molecule has 1 aromatic heterocycles. The van der Waals surface area contributed by atoms with Gasteiger partial charge >= 0.3 is 0 Å². The van der Waals surface area contributed by atoms with E-state index < -0.39 is 6.04 Å². The maximum absolute atomic E-state index is 12.4. The largest absolute Gasteiger partial charge is 0.497 e. The molecule has 7 heteroatoms. The van der Waals surface area contributed by atoms with Gasteiger partial charge in [-0.25, -0.2) is 0 Å². The van der Waals surface area contributed by atoms with Crippen LogP contribution < -0.4 is 20.1 Å². The molecule has 1 aliphatic heterocycles. The zero-order chi connectivity index (χ0) is 17.1. The predicted molar refractivity (Wildman–Crippen MR) is 87.1 cm³/mol. The topological polar surface area (TPSA) is 81.6 Å². The lowest BCUT2D eigenvalue weighted by Crippen LogP contribution is -2.52. The van der Waals surface area contributed by atoms with Crippen molar-refractivity contribution in [3.8, 4) is 11.5 Å². The minimum absolute atomic E-state index is 0.232. The highest BCUT2D eigenvalue weighted by molar-refractivity contribution is 5.97. The number of methoxy groups -OCH3 is 2. The Morgan fingerprint density at radius 2 is 2.00 bits per heavy atom. The number of rotatable bonds is 5. The number of ether oxygens (including phenoxy) is 2. The lowest BCUT2D eigenvalue weighted by molar-refractivity contribution is -0.123. The first-order valence-corrected chi connectivity index (χ1v) is 7.56. The van der Waals surface area contributed by atoms with Gasteiger partial charge < -0.3 is 24.7 Å². The molecule has 2 aromatic rings. The lowest BCUT2D eigenvalue weighted by Gasteiger charge is -2.25. The number of carbonyl (C=O) groups excluding carboxylic acids is 2. The quantitative estimate of drug-likeness (QED) is 0.855. The van der Waals surface area contributed by atoms with Crippen molar-refractivity contribution in [2.75, 3.05) is 14.2 Å². The molecule has 0 bridgehead atoms. The molecule has 0 saturated heterocycles. The third-order valence-corrected chi connectivity index (χ3v) is 3.94. The van der Waals surface area contributed by atoms with E-state index in [4.69, 9.17) is 9.47 Å². The summed E-state index contributed by atoms with van der Waals surface area (Å²) in [5, 5.41) is 5.56. The Labute approximate surface area is 139 Å². The van der Waals surface area contributed by atoms with E-state index in [0.29, 0.717) is 30.3 Å². The standard InChI is InChI=1S/C17H19N3O4/c1-23-12-6-11(7-13(8-12)24-2)9-18-16(21)14-10-20-5-3-4-15(20)17(22)19-14/h3-8,14H,9-10H2,1-2H3,(H,18,21)(H,19,22). The number of hydrogen-bond acceptors (Lipinski definition) is 4. The van der Waals surface area contributed by atoms with Gasteiger partial charge in [0.2, 0.25) is 5.91 Å². The Morgan fingerprint density at radius 1 is 1.29 bits per heavy atom. The summed E-state index contributed by atoms with van der Waals surface area (Å²) in [6, 6.07) is 8.34. The van der Waals surface area contributed by atoms with Gasteiger partial charge in [-0.3, -0.25) is 9.59 Å². The number of hydrogen-bond donors (Lipinski definition) is 2. The molecule has 126 valence electrons. The Kier molecular flexibility index (Phi) is 4.41. The third-order valence-electron chi connectivity index (χ3n) is 3.94. The number of aromatic nitrogens is 1. The highest BCUT2D eigenvalue weighted by Crippen LogP contribution is 2.22. The number of nitrogens with zero attached hydrogens (tertiary/aromatic N) is 1. The van der Waals surface area contributed by atoms with Gasteiger partial charge in [0.1, 0.15) is 23.2 Å². The Balaban J connectivity index is 1.65. The summed E-state index contributed by atoms with van der Waals surface area (Å²) in [6.45, 7) is 0.735. The first kappa shape index (κ1) is 15.9. The maximum atomic E-state index is 12.4. The zero-order valence-corrected chi connectivity index (χ0v) is 13.5. The number of benzene rings is 1. The van der Waals surface area contributed by atoms with Crippen LogP contribution in [0.15, 0.2) is 36.5 Å². The van der Waals surface area contributed by atoms with E-state index in [9.17, 15) is 9.59 Å². The SMILES string of the molecule is COc1cc(CNC(=O)C2Cn3cccc3C(=O)N2)cc(OC)c1. The molecular weight excluding hydrogens is 310 g/mol. The molecule has 7 nitrogen and oxygen atoms in total. The number of fused-ring (bicyclic) bond motifs is 1. The Morgan fingerprint density at radius 3 is 2.67 bits per heavy atom. The summed E-state index contributed by atoms with van der Waals surface area (Å²) in [7, 11) is 3.15. The van der Waals surface area contributed by atoms with Crippen molar-refractivity contribution < 1.29 is 19.1 Å². The molecule has 3 rings (SSSR count). The normalized spacial score (nSPS) is 16.1. The molecule has 1 aliphatic rings. The fourth-order valence-corrected chi connectivity index (χ4v) is 2.68. The van der Waals surface area contributed by atoms with Gasteiger partial charge in [0.05, 0.1) is 20.8 Å². The average Bonchev–Trinajstić information content (AvgIpc) is 3.08.